The Balaban J connectivity index is 2.28. The second kappa shape index (κ2) is 6.65. The molecule has 0 N–H and O–H groups in total. The molecule has 118 valence electrons. The minimum atomic E-state index is 0.426. The molecule has 6 heteroatoms. The van der Waals surface area contributed by atoms with Crippen LogP contribution in [-0.2, 0) is 0 Å². The topological polar surface area (TPSA) is 65.7 Å². The van der Waals surface area contributed by atoms with Gasteiger partial charge in [-0.2, -0.15) is 5.26 Å². The second-order valence-corrected chi connectivity index (χ2v) is 5.79. The third-order valence-corrected chi connectivity index (χ3v) is 3.71. The Labute approximate surface area is 145 Å². The van der Waals surface area contributed by atoms with Crippen LogP contribution in [0.15, 0.2) is 48.8 Å². The van der Waals surface area contributed by atoms with Gasteiger partial charge in [0.05, 0.1) is 5.69 Å². The number of anilines is 1. The number of pyridine rings is 1. The zero-order chi connectivity index (χ0) is 17.1. The molecule has 0 saturated carbocycles. The molecule has 2 heterocycles. The molecule has 0 bridgehead atoms. The number of nitrogens with zero attached hydrogens (tertiary/aromatic N) is 5. The van der Waals surface area contributed by atoms with Gasteiger partial charge in [-0.15, -0.1) is 0 Å². The predicted molar refractivity (Wildman–Crippen MR) is 94.8 cm³/mol. The highest BCUT2D eigenvalue weighted by atomic mass is 35.5. The molecule has 0 aliphatic carbocycles. The SMILES string of the molecule is CN(C)c1nc(-c2cccnc2)nc(-c2ccc(Cl)cc2)c1C#N. The third kappa shape index (κ3) is 3.05. The molecule has 0 atom stereocenters. The molecule has 0 radical (unpaired) electrons. The van der Waals surface area contributed by atoms with Crippen LogP contribution in [0.3, 0.4) is 0 Å². The summed E-state index contributed by atoms with van der Waals surface area (Å²) in [5.74, 6) is 1.09. The first kappa shape index (κ1) is 15.9. The number of rotatable bonds is 3. The van der Waals surface area contributed by atoms with Crippen LogP contribution in [0.1, 0.15) is 5.56 Å². The van der Waals surface area contributed by atoms with Crippen LogP contribution in [-0.4, -0.2) is 29.0 Å². The molecule has 0 unspecified atom stereocenters. The van der Waals surface area contributed by atoms with Crippen LogP contribution in [0.2, 0.25) is 5.02 Å². The summed E-state index contributed by atoms with van der Waals surface area (Å²) in [6.07, 6.45) is 3.40. The van der Waals surface area contributed by atoms with E-state index in [-0.39, 0.29) is 0 Å². The summed E-state index contributed by atoms with van der Waals surface area (Å²) in [6, 6.07) is 13.2. The van der Waals surface area contributed by atoms with Crippen molar-refractivity contribution in [3.8, 4) is 28.7 Å². The summed E-state index contributed by atoms with van der Waals surface area (Å²) in [6.45, 7) is 0. The first-order valence-corrected chi connectivity index (χ1v) is 7.63. The largest absolute Gasteiger partial charge is 0.362 e. The number of halogens is 1. The molecule has 0 aliphatic rings. The highest BCUT2D eigenvalue weighted by Gasteiger charge is 2.18. The molecular weight excluding hydrogens is 322 g/mol. The van der Waals surface area contributed by atoms with Gasteiger partial charge in [0.25, 0.3) is 0 Å². The maximum absolute atomic E-state index is 9.63. The van der Waals surface area contributed by atoms with E-state index < -0.39 is 0 Å². The lowest BCUT2D eigenvalue weighted by molar-refractivity contribution is 1.03. The minimum Gasteiger partial charge on any atom is -0.362 e. The molecule has 3 rings (SSSR count). The summed E-state index contributed by atoms with van der Waals surface area (Å²) in [5, 5.41) is 10.3. The van der Waals surface area contributed by atoms with Gasteiger partial charge in [0.2, 0.25) is 0 Å². The van der Waals surface area contributed by atoms with Gasteiger partial charge in [-0.1, -0.05) is 23.7 Å². The van der Waals surface area contributed by atoms with Gasteiger partial charge >= 0.3 is 0 Å². The number of nitriles is 1. The average molecular weight is 336 g/mol. The van der Waals surface area contributed by atoms with Gasteiger partial charge in [-0.3, -0.25) is 4.98 Å². The zero-order valence-corrected chi connectivity index (χ0v) is 14.0. The van der Waals surface area contributed by atoms with Crippen molar-refractivity contribution in [3.05, 3.63) is 59.4 Å². The van der Waals surface area contributed by atoms with Crippen molar-refractivity contribution >= 4 is 17.4 Å². The van der Waals surface area contributed by atoms with Gasteiger partial charge in [0.15, 0.2) is 11.6 Å². The Morgan fingerprint density at radius 2 is 1.79 bits per heavy atom. The van der Waals surface area contributed by atoms with Crippen LogP contribution in [0.25, 0.3) is 22.6 Å². The van der Waals surface area contributed by atoms with Crippen molar-refractivity contribution in [2.45, 2.75) is 0 Å². The Morgan fingerprint density at radius 3 is 2.38 bits per heavy atom. The van der Waals surface area contributed by atoms with Crippen LogP contribution >= 0.6 is 11.6 Å². The van der Waals surface area contributed by atoms with E-state index in [9.17, 15) is 5.26 Å². The maximum atomic E-state index is 9.63. The van der Waals surface area contributed by atoms with E-state index in [2.05, 4.69) is 21.0 Å². The molecule has 0 spiro atoms. The standard InChI is InChI=1S/C18H14ClN5/c1-24(2)18-15(10-20)16(12-5-7-14(19)8-6-12)22-17(23-18)13-4-3-9-21-11-13/h3-9,11H,1-2H3. The van der Waals surface area contributed by atoms with Crippen molar-refractivity contribution in [2.75, 3.05) is 19.0 Å². The molecule has 0 fully saturated rings. The van der Waals surface area contributed by atoms with Gasteiger partial charge in [-0.05, 0) is 24.3 Å². The highest BCUT2D eigenvalue weighted by molar-refractivity contribution is 6.30. The zero-order valence-electron chi connectivity index (χ0n) is 13.2. The van der Waals surface area contributed by atoms with Crippen LogP contribution in [0, 0.1) is 11.3 Å². The molecule has 0 saturated heterocycles. The molecular formula is C18H14ClN5. The quantitative estimate of drug-likeness (QED) is 0.728. The Bertz CT molecular complexity index is 899. The van der Waals surface area contributed by atoms with E-state index in [4.69, 9.17) is 11.6 Å². The van der Waals surface area contributed by atoms with Gasteiger partial charge in [-0.25, -0.2) is 9.97 Å². The average Bonchev–Trinajstić information content (AvgIpc) is 2.62. The molecule has 5 nitrogen and oxygen atoms in total. The van der Waals surface area contributed by atoms with E-state index in [1.807, 2.05) is 38.4 Å². The number of aromatic nitrogens is 3. The van der Waals surface area contributed by atoms with E-state index in [1.54, 1.807) is 29.4 Å². The fourth-order valence-electron chi connectivity index (χ4n) is 2.32. The first-order valence-electron chi connectivity index (χ1n) is 7.26. The van der Waals surface area contributed by atoms with Crippen LogP contribution in [0.5, 0.6) is 0 Å². The lowest BCUT2D eigenvalue weighted by atomic mass is 10.1. The lowest BCUT2D eigenvalue weighted by Gasteiger charge is -2.17. The number of hydrogen-bond donors (Lipinski definition) is 0. The molecule has 24 heavy (non-hydrogen) atoms. The number of hydrogen-bond acceptors (Lipinski definition) is 5. The monoisotopic (exact) mass is 335 g/mol. The fraction of sp³-hybridized carbons (Fsp3) is 0.111. The summed E-state index contributed by atoms with van der Waals surface area (Å²) >= 11 is 5.97. The number of benzene rings is 1. The van der Waals surface area contributed by atoms with Crippen molar-refractivity contribution < 1.29 is 0 Å². The molecule has 0 amide bonds. The third-order valence-electron chi connectivity index (χ3n) is 3.46. The van der Waals surface area contributed by atoms with E-state index in [1.165, 1.54) is 0 Å². The van der Waals surface area contributed by atoms with E-state index in [0.29, 0.717) is 27.9 Å². The Kier molecular flexibility index (Phi) is 4.41. The Morgan fingerprint density at radius 1 is 1.04 bits per heavy atom. The fourth-order valence-corrected chi connectivity index (χ4v) is 2.44. The van der Waals surface area contributed by atoms with Crippen molar-refractivity contribution in [3.63, 3.8) is 0 Å². The first-order chi connectivity index (χ1) is 11.6. The lowest BCUT2D eigenvalue weighted by Crippen LogP contribution is -2.14. The van der Waals surface area contributed by atoms with E-state index >= 15 is 0 Å². The van der Waals surface area contributed by atoms with Gasteiger partial charge in [0, 0.05) is 42.6 Å². The summed E-state index contributed by atoms with van der Waals surface area (Å²) in [5.41, 5.74) is 2.61. The van der Waals surface area contributed by atoms with Crippen LogP contribution < -0.4 is 4.90 Å². The smallest absolute Gasteiger partial charge is 0.163 e. The van der Waals surface area contributed by atoms with Crippen molar-refractivity contribution in [1.82, 2.24) is 15.0 Å². The predicted octanol–water partition coefficient (Wildman–Crippen LogP) is 3.80. The second-order valence-electron chi connectivity index (χ2n) is 5.35. The van der Waals surface area contributed by atoms with E-state index in [0.717, 1.165) is 11.1 Å². The summed E-state index contributed by atoms with van der Waals surface area (Å²) < 4.78 is 0. The summed E-state index contributed by atoms with van der Waals surface area (Å²) in [7, 11) is 3.70. The van der Waals surface area contributed by atoms with Crippen LogP contribution in [0.4, 0.5) is 5.82 Å². The summed E-state index contributed by atoms with van der Waals surface area (Å²) in [4.78, 5) is 15.1. The Hall–Kier alpha value is -2.97. The molecule has 1 aromatic carbocycles. The van der Waals surface area contributed by atoms with Crippen molar-refractivity contribution in [1.29, 1.82) is 5.26 Å². The molecule has 2 aromatic heterocycles. The normalized spacial score (nSPS) is 10.2. The molecule has 3 aromatic rings. The van der Waals surface area contributed by atoms with Gasteiger partial charge in [0.1, 0.15) is 11.6 Å². The minimum absolute atomic E-state index is 0.426. The molecule has 0 aliphatic heterocycles. The van der Waals surface area contributed by atoms with Gasteiger partial charge < -0.3 is 4.90 Å². The highest BCUT2D eigenvalue weighted by Crippen LogP contribution is 2.30. The van der Waals surface area contributed by atoms with Crippen molar-refractivity contribution in [2.24, 2.45) is 0 Å². The maximum Gasteiger partial charge on any atom is 0.163 e.